The Kier molecular flexibility index (Phi) is 4.73. The smallest absolute Gasteiger partial charge is 0.434 e. The second-order valence-corrected chi connectivity index (χ2v) is 6.59. The summed E-state index contributed by atoms with van der Waals surface area (Å²) in [6.07, 6.45) is -3.96. The molecule has 28 heavy (non-hydrogen) atoms. The lowest BCUT2D eigenvalue weighted by molar-refractivity contribution is -0.147. The molecule has 150 valence electrons. The quantitative estimate of drug-likeness (QED) is 0.832. The van der Waals surface area contributed by atoms with Crippen molar-refractivity contribution in [3.63, 3.8) is 0 Å². The molecular weight excluding hydrogens is 383 g/mol. The molecule has 3 heterocycles. The molecule has 0 aliphatic carbocycles. The zero-order chi connectivity index (χ0) is 20.7. The van der Waals surface area contributed by atoms with Crippen molar-refractivity contribution in [2.75, 3.05) is 20.2 Å². The van der Waals surface area contributed by atoms with Gasteiger partial charge < -0.3 is 14.7 Å². The van der Waals surface area contributed by atoms with Gasteiger partial charge in [-0.25, -0.2) is 4.68 Å². The molecule has 1 aliphatic rings. The lowest BCUT2D eigenvalue weighted by atomic mass is 9.90. The minimum Gasteiger partial charge on any atom is -0.481 e. The molecule has 1 fully saturated rings. The normalized spacial score (nSPS) is 19.7. The van der Waals surface area contributed by atoms with Crippen LogP contribution in [0.3, 0.4) is 0 Å². The molecule has 1 atom stereocenters. The standard InChI is InChI=1S/C16H16F3N5O4/c1-15(14(26)27)5-6-23(8-15)13(25)9-7-20-24(12(9)16(17,18)19)10-3-4-11(28-2)22-21-10/h3-4,7H,5-6,8H2,1-2H3,(H,26,27)/t15-/m1/s1. The Morgan fingerprint density at radius 2 is 2.00 bits per heavy atom. The Labute approximate surface area is 156 Å². The number of halogens is 3. The van der Waals surface area contributed by atoms with Crippen LogP contribution in [0.2, 0.25) is 0 Å². The first-order valence-electron chi connectivity index (χ1n) is 8.13. The Morgan fingerprint density at radius 3 is 2.50 bits per heavy atom. The maximum absolute atomic E-state index is 13.7. The van der Waals surface area contributed by atoms with E-state index in [1.165, 1.54) is 26.2 Å². The van der Waals surface area contributed by atoms with Crippen molar-refractivity contribution in [3.05, 3.63) is 29.6 Å². The van der Waals surface area contributed by atoms with E-state index in [4.69, 9.17) is 4.74 Å². The van der Waals surface area contributed by atoms with Crippen molar-refractivity contribution >= 4 is 11.9 Å². The van der Waals surface area contributed by atoms with Crippen LogP contribution in [0.4, 0.5) is 13.2 Å². The molecule has 0 saturated carbocycles. The summed E-state index contributed by atoms with van der Waals surface area (Å²) < 4.78 is 46.4. The summed E-state index contributed by atoms with van der Waals surface area (Å²) in [5.74, 6) is -2.19. The van der Waals surface area contributed by atoms with Crippen LogP contribution in [0.5, 0.6) is 5.88 Å². The van der Waals surface area contributed by atoms with Crippen LogP contribution in [0.25, 0.3) is 5.82 Å². The van der Waals surface area contributed by atoms with Crippen LogP contribution in [0.15, 0.2) is 18.3 Å². The number of nitrogens with zero attached hydrogens (tertiary/aromatic N) is 5. The number of rotatable bonds is 4. The van der Waals surface area contributed by atoms with E-state index < -0.39 is 34.7 Å². The van der Waals surface area contributed by atoms with Gasteiger partial charge in [-0.15, -0.1) is 10.2 Å². The molecular formula is C16H16F3N5O4. The summed E-state index contributed by atoms with van der Waals surface area (Å²) >= 11 is 0. The van der Waals surface area contributed by atoms with Crippen LogP contribution in [0.1, 0.15) is 29.4 Å². The number of hydrogen-bond donors (Lipinski definition) is 1. The Balaban J connectivity index is 1.99. The van der Waals surface area contributed by atoms with Gasteiger partial charge in [-0.05, 0) is 19.4 Å². The van der Waals surface area contributed by atoms with Gasteiger partial charge in [-0.1, -0.05) is 0 Å². The molecule has 1 aliphatic heterocycles. The summed E-state index contributed by atoms with van der Waals surface area (Å²) in [5.41, 5.74) is -3.19. The second-order valence-electron chi connectivity index (χ2n) is 6.59. The Bertz CT molecular complexity index is 912. The van der Waals surface area contributed by atoms with Gasteiger partial charge in [0.05, 0.1) is 24.3 Å². The van der Waals surface area contributed by atoms with E-state index in [1.807, 2.05) is 0 Å². The van der Waals surface area contributed by atoms with Crippen LogP contribution >= 0.6 is 0 Å². The Hall–Kier alpha value is -3.18. The lowest BCUT2D eigenvalue weighted by Gasteiger charge is -2.20. The number of aliphatic carboxylic acids is 1. The van der Waals surface area contributed by atoms with E-state index in [2.05, 4.69) is 15.3 Å². The Morgan fingerprint density at radius 1 is 1.29 bits per heavy atom. The maximum atomic E-state index is 13.7. The third kappa shape index (κ3) is 3.37. The van der Waals surface area contributed by atoms with Crippen LogP contribution in [-0.2, 0) is 11.0 Å². The van der Waals surface area contributed by atoms with Gasteiger partial charge in [0.2, 0.25) is 5.88 Å². The maximum Gasteiger partial charge on any atom is 0.434 e. The van der Waals surface area contributed by atoms with Crippen molar-refractivity contribution in [1.29, 1.82) is 0 Å². The number of hydrogen-bond acceptors (Lipinski definition) is 6. The SMILES string of the molecule is COc1ccc(-n2ncc(C(=O)N3CC[C@@](C)(C(=O)O)C3)c2C(F)(F)F)nn1. The van der Waals surface area contributed by atoms with Crippen molar-refractivity contribution in [2.45, 2.75) is 19.5 Å². The number of carboxylic acid groups (broad SMARTS) is 1. The molecule has 2 aromatic heterocycles. The molecule has 1 saturated heterocycles. The number of carbonyl (C=O) groups is 2. The predicted molar refractivity (Wildman–Crippen MR) is 87.0 cm³/mol. The van der Waals surface area contributed by atoms with Gasteiger partial charge in [0, 0.05) is 19.2 Å². The third-order valence-corrected chi connectivity index (χ3v) is 4.60. The molecule has 0 spiro atoms. The molecule has 2 aromatic rings. The number of likely N-dealkylation sites (tertiary alicyclic amines) is 1. The first-order valence-corrected chi connectivity index (χ1v) is 8.13. The highest BCUT2D eigenvalue weighted by Gasteiger charge is 2.46. The summed E-state index contributed by atoms with van der Waals surface area (Å²) in [7, 11) is 1.33. The van der Waals surface area contributed by atoms with E-state index >= 15 is 0 Å². The molecule has 0 radical (unpaired) electrons. The van der Waals surface area contributed by atoms with Crippen molar-refractivity contribution in [2.24, 2.45) is 5.41 Å². The third-order valence-electron chi connectivity index (χ3n) is 4.60. The first-order chi connectivity index (χ1) is 13.1. The molecule has 1 N–H and O–H groups in total. The highest BCUT2D eigenvalue weighted by atomic mass is 19.4. The van der Waals surface area contributed by atoms with Gasteiger partial charge in [0.1, 0.15) is 0 Å². The molecule has 0 aromatic carbocycles. The van der Waals surface area contributed by atoms with E-state index in [-0.39, 0.29) is 31.2 Å². The number of amides is 1. The average molecular weight is 399 g/mol. The summed E-state index contributed by atoms with van der Waals surface area (Å²) in [5, 5.41) is 20.2. The van der Waals surface area contributed by atoms with Gasteiger partial charge >= 0.3 is 12.1 Å². The lowest BCUT2D eigenvalue weighted by Crippen LogP contribution is -2.35. The molecule has 3 rings (SSSR count). The van der Waals surface area contributed by atoms with Crippen LogP contribution < -0.4 is 4.74 Å². The number of alkyl halides is 3. The van der Waals surface area contributed by atoms with Crippen molar-refractivity contribution in [1.82, 2.24) is 24.9 Å². The largest absolute Gasteiger partial charge is 0.481 e. The minimum absolute atomic E-state index is 0.0342. The number of ether oxygens (including phenoxy) is 1. The highest BCUT2D eigenvalue weighted by molar-refractivity contribution is 5.96. The summed E-state index contributed by atoms with van der Waals surface area (Å²) in [4.78, 5) is 25.1. The molecule has 9 nitrogen and oxygen atoms in total. The average Bonchev–Trinajstić information content (AvgIpc) is 3.26. The van der Waals surface area contributed by atoms with Crippen LogP contribution in [0, 0.1) is 5.41 Å². The second kappa shape index (κ2) is 6.77. The fourth-order valence-corrected chi connectivity index (χ4v) is 2.97. The van der Waals surface area contributed by atoms with E-state index in [0.29, 0.717) is 4.68 Å². The summed E-state index contributed by atoms with van der Waals surface area (Å²) in [6, 6.07) is 2.53. The number of methoxy groups -OCH3 is 1. The van der Waals surface area contributed by atoms with Crippen molar-refractivity contribution in [3.8, 4) is 11.7 Å². The van der Waals surface area contributed by atoms with Gasteiger partial charge in [0.15, 0.2) is 11.5 Å². The fourth-order valence-electron chi connectivity index (χ4n) is 2.97. The first kappa shape index (κ1) is 19.6. The van der Waals surface area contributed by atoms with E-state index in [1.54, 1.807) is 0 Å². The molecule has 12 heteroatoms. The molecule has 0 unspecified atom stereocenters. The predicted octanol–water partition coefficient (Wildman–Crippen LogP) is 1.63. The van der Waals surface area contributed by atoms with E-state index in [9.17, 15) is 27.9 Å². The van der Waals surface area contributed by atoms with Crippen molar-refractivity contribution < 1.29 is 32.6 Å². The van der Waals surface area contributed by atoms with Gasteiger partial charge in [-0.2, -0.15) is 18.3 Å². The fraction of sp³-hybridized carbons (Fsp3) is 0.438. The zero-order valence-electron chi connectivity index (χ0n) is 14.9. The summed E-state index contributed by atoms with van der Waals surface area (Å²) in [6.45, 7) is 1.29. The van der Waals surface area contributed by atoms with Gasteiger partial charge in [-0.3, -0.25) is 9.59 Å². The molecule has 1 amide bonds. The van der Waals surface area contributed by atoms with Crippen LogP contribution in [-0.4, -0.2) is 62.1 Å². The number of aromatic nitrogens is 4. The highest BCUT2D eigenvalue weighted by Crippen LogP contribution is 2.36. The van der Waals surface area contributed by atoms with Gasteiger partial charge in [0.25, 0.3) is 5.91 Å². The monoisotopic (exact) mass is 399 g/mol. The number of carbonyl (C=O) groups excluding carboxylic acids is 1. The van der Waals surface area contributed by atoms with E-state index in [0.717, 1.165) is 11.1 Å². The molecule has 0 bridgehead atoms. The topological polar surface area (TPSA) is 110 Å². The minimum atomic E-state index is -4.90. The number of carboxylic acids is 1. The zero-order valence-corrected chi connectivity index (χ0v) is 14.9.